The molecule has 1 saturated heterocycles. The van der Waals surface area contributed by atoms with Crippen LogP contribution in [0.5, 0.6) is 5.75 Å². The highest BCUT2D eigenvalue weighted by Crippen LogP contribution is 2.44. The summed E-state index contributed by atoms with van der Waals surface area (Å²) in [7, 11) is -3.35. The van der Waals surface area contributed by atoms with Crippen molar-refractivity contribution in [1.82, 2.24) is 4.31 Å². The molecule has 2 bridgehead atoms. The van der Waals surface area contributed by atoms with Gasteiger partial charge >= 0.3 is 6.18 Å². The average molecular weight is 349 g/mol. The number of benzene rings is 1. The van der Waals surface area contributed by atoms with Crippen LogP contribution in [0.4, 0.5) is 13.2 Å². The summed E-state index contributed by atoms with van der Waals surface area (Å²) < 4.78 is 69.0. The van der Waals surface area contributed by atoms with Gasteiger partial charge in [-0.1, -0.05) is 6.07 Å². The van der Waals surface area contributed by atoms with E-state index in [9.17, 15) is 21.6 Å². The van der Waals surface area contributed by atoms with Gasteiger partial charge in [0.1, 0.15) is 12.4 Å². The molecule has 1 heterocycles. The Kier molecular flexibility index (Phi) is 4.08. The first-order valence-electron chi connectivity index (χ1n) is 7.45. The second-order valence-electron chi connectivity index (χ2n) is 6.22. The average Bonchev–Trinajstić information content (AvgIpc) is 3.04. The van der Waals surface area contributed by atoms with E-state index in [0.29, 0.717) is 0 Å². The molecule has 2 fully saturated rings. The molecule has 0 radical (unpaired) electrons. The van der Waals surface area contributed by atoms with E-state index in [0.717, 1.165) is 31.4 Å². The van der Waals surface area contributed by atoms with Crippen molar-refractivity contribution in [3.63, 3.8) is 0 Å². The minimum atomic E-state index is -4.43. The van der Waals surface area contributed by atoms with Crippen LogP contribution in [0.2, 0.25) is 0 Å². The predicted molar refractivity (Wildman–Crippen MR) is 78.5 cm³/mol. The first-order chi connectivity index (χ1) is 10.7. The molecule has 8 heteroatoms. The molecule has 4 nitrogen and oxygen atoms in total. The van der Waals surface area contributed by atoms with Gasteiger partial charge in [0.15, 0.2) is 0 Å². The Labute approximate surface area is 133 Å². The first kappa shape index (κ1) is 16.6. The van der Waals surface area contributed by atoms with Crippen molar-refractivity contribution in [1.29, 1.82) is 0 Å². The van der Waals surface area contributed by atoms with Gasteiger partial charge in [-0.25, -0.2) is 8.42 Å². The Morgan fingerprint density at radius 2 is 2.04 bits per heavy atom. The maximum Gasteiger partial charge on any atom is 0.416 e. The molecule has 1 aromatic carbocycles. The quantitative estimate of drug-likeness (QED) is 0.840. The number of ether oxygens (including phenoxy) is 1. The summed E-state index contributed by atoms with van der Waals surface area (Å²) in [5, 5.41) is 0. The fourth-order valence-corrected chi connectivity index (χ4v) is 5.18. The van der Waals surface area contributed by atoms with E-state index in [1.165, 1.54) is 22.7 Å². The zero-order valence-electron chi connectivity index (χ0n) is 12.6. The minimum Gasteiger partial charge on any atom is -0.492 e. The zero-order valence-corrected chi connectivity index (χ0v) is 13.4. The third-order valence-corrected chi connectivity index (χ3v) is 5.98. The summed E-state index contributed by atoms with van der Waals surface area (Å²) in [6, 6.07) is 4.37. The molecule has 0 N–H and O–H groups in total. The van der Waals surface area contributed by atoms with Crippen molar-refractivity contribution in [3.8, 4) is 5.75 Å². The molecule has 23 heavy (non-hydrogen) atoms. The molecular formula is C15H18F3NO3S. The number of nitrogens with zero attached hydrogens (tertiary/aromatic N) is 1. The smallest absolute Gasteiger partial charge is 0.416 e. The van der Waals surface area contributed by atoms with E-state index < -0.39 is 21.8 Å². The highest BCUT2D eigenvalue weighted by molar-refractivity contribution is 7.88. The van der Waals surface area contributed by atoms with Crippen molar-refractivity contribution in [2.24, 2.45) is 5.92 Å². The van der Waals surface area contributed by atoms with Gasteiger partial charge in [-0.3, -0.25) is 0 Å². The molecular weight excluding hydrogens is 331 g/mol. The lowest BCUT2D eigenvalue weighted by Gasteiger charge is -2.33. The maximum atomic E-state index is 12.7. The number of fused-ring (bicyclic) bond motifs is 2. The lowest BCUT2D eigenvalue weighted by molar-refractivity contribution is -0.137. The molecule has 2 aliphatic rings. The van der Waals surface area contributed by atoms with Gasteiger partial charge in [0.05, 0.1) is 17.9 Å². The van der Waals surface area contributed by atoms with Crippen LogP contribution in [0.3, 0.4) is 0 Å². The number of rotatable bonds is 4. The molecule has 0 aromatic heterocycles. The van der Waals surface area contributed by atoms with Gasteiger partial charge < -0.3 is 4.74 Å². The van der Waals surface area contributed by atoms with Crippen LogP contribution in [0.25, 0.3) is 0 Å². The lowest BCUT2D eigenvalue weighted by Crippen LogP contribution is -2.47. The molecule has 0 unspecified atom stereocenters. The van der Waals surface area contributed by atoms with Crippen LogP contribution in [-0.2, 0) is 16.2 Å². The SMILES string of the molecule is CS(=O)(=O)N1[C@H]2CC[C@@H](C2)[C@@H]1COc1cccc(C(F)(F)F)c1. The van der Waals surface area contributed by atoms with E-state index in [4.69, 9.17) is 4.74 Å². The van der Waals surface area contributed by atoms with Crippen LogP contribution in [-0.4, -0.2) is 37.7 Å². The zero-order chi connectivity index (χ0) is 16.8. The highest BCUT2D eigenvalue weighted by Gasteiger charge is 2.50. The summed E-state index contributed by atoms with van der Waals surface area (Å²) in [5.41, 5.74) is -0.775. The fraction of sp³-hybridized carbons (Fsp3) is 0.600. The highest BCUT2D eigenvalue weighted by atomic mass is 32.2. The Hall–Kier alpha value is -1.28. The first-order valence-corrected chi connectivity index (χ1v) is 9.29. The third-order valence-electron chi connectivity index (χ3n) is 4.64. The molecule has 0 amide bonds. The molecule has 0 spiro atoms. The summed E-state index contributed by atoms with van der Waals surface area (Å²) in [4.78, 5) is 0. The van der Waals surface area contributed by atoms with Crippen molar-refractivity contribution < 1.29 is 26.3 Å². The molecule has 1 saturated carbocycles. The van der Waals surface area contributed by atoms with Crippen molar-refractivity contribution >= 4 is 10.0 Å². The van der Waals surface area contributed by atoms with E-state index in [1.54, 1.807) is 0 Å². The van der Waals surface area contributed by atoms with Crippen molar-refractivity contribution in [2.45, 2.75) is 37.5 Å². The van der Waals surface area contributed by atoms with Crippen molar-refractivity contribution in [2.75, 3.05) is 12.9 Å². The van der Waals surface area contributed by atoms with Gasteiger partial charge in [0.25, 0.3) is 0 Å². The Bertz CT molecular complexity index is 689. The van der Waals surface area contributed by atoms with E-state index in [1.807, 2.05) is 0 Å². The molecule has 1 aliphatic heterocycles. The van der Waals surface area contributed by atoms with Crippen molar-refractivity contribution in [3.05, 3.63) is 29.8 Å². The molecule has 128 valence electrons. The Morgan fingerprint density at radius 3 is 2.70 bits per heavy atom. The van der Waals surface area contributed by atoms with Crippen LogP contribution in [0, 0.1) is 5.92 Å². The second kappa shape index (κ2) is 5.66. The number of hydrogen-bond acceptors (Lipinski definition) is 3. The summed E-state index contributed by atoms with van der Waals surface area (Å²) in [5.74, 6) is 0.330. The number of piperidine rings is 1. The summed E-state index contributed by atoms with van der Waals surface area (Å²) >= 11 is 0. The fourth-order valence-electron chi connectivity index (χ4n) is 3.72. The maximum absolute atomic E-state index is 12.7. The van der Waals surface area contributed by atoms with E-state index >= 15 is 0 Å². The summed E-state index contributed by atoms with van der Waals surface area (Å²) in [6.07, 6.45) is -0.662. The van der Waals surface area contributed by atoms with Crippen LogP contribution >= 0.6 is 0 Å². The second-order valence-corrected chi connectivity index (χ2v) is 8.11. The number of hydrogen-bond donors (Lipinski definition) is 0. The lowest BCUT2D eigenvalue weighted by atomic mass is 10.0. The molecule has 1 aromatic rings. The Balaban J connectivity index is 1.73. The van der Waals surface area contributed by atoms with Gasteiger partial charge in [0, 0.05) is 6.04 Å². The van der Waals surface area contributed by atoms with Gasteiger partial charge in [-0.15, -0.1) is 0 Å². The normalized spacial score (nSPS) is 28.3. The number of halogens is 3. The Morgan fingerprint density at radius 1 is 1.30 bits per heavy atom. The van der Waals surface area contributed by atoms with E-state index in [2.05, 4.69) is 0 Å². The van der Waals surface area contributed by atoms with Gasteiger partial charge in [-0.05, 0) is 43.4 Å². The molecule has 1 aliphatic carbocycles. The van der Waals surface area contributed by atoms with Crippen LogP contribution in [0.15, 0.2) is 24.3 Å². The molecule has 3 atom stereocenters. The minimum absolute atomic E-state index is 0.00473. The van der Waals surface area contributed by atoms with Gasteiger partial charge in [-0.2, -0.15) is 17.5 Å². The topological polar surface area (TPSA) is 46.6 Å². The number of alkyl halides is 3. The summed E-state index contributed by atoms with van der Waals surface area (Å²) in [6.45, 7) is 0.0789. The number of sulfonamides is 1. The van der Waals surface area contributed by atoms with Gasteiger partial charge in [0.2, 0.25) is 10.0 Å². The predicted octanol–water partition coefficient (Wildman–Crippen LogP) is 2.90. The molecule has 3 rings (SSSR count). The third kappa shape index (κ3) is 3.33. The van der Waals surface area contributed by atoms with E-state index in [-0.39, 0.29) is 30.4 Å². The van der Waals surface area contributed by atoms with Crippen LogP contribution < -0.4 is 4.74 Å². The standard InChI is InChI=1S/C15H18F3NO3S/c1-23(20,21)19-12-6-5-10(7-12)14(19)9-22-13-4-2-3-11(8-13)15(16,17)18/h2-4,8,10,12,14H,5-7,9H2,1H3/t10-,12-,14-/m0/s1. The van der Waals surface area contributed by atoms with Crippen LogP contribution in [0.1, 0.15) is 24.8 Å². The monoisotopic (exact) mass is 349 g/mol. The largest absolute Gasteiger partial charge is 0.492 e.